The second kappa shape index (κ2) is 3.89. The predicted molar refractivity (Wildman–Crippen MR) is 60.0 cm³/mol. The number of fused-ring (bicyclic) bond motifs is 1. The molecule has 78 valence electrons. The lowest BCUT2D eigenvalue weighted by Crippen LogP contribution is -2.02. The number of carbonyl (C=O) groups excluding carboxylic acids is 1. The molecule has 0 unspecified atom stereocenters. The molecule has 2 rings (SSSR count). The van der Waals surface area contributed by atoms with Crippen molar-refractivity contribution in [2.24, 2.45) is 5.92 Å². The summed E-state index contributed by atoms with van der Waals surface area (Å²) in [6.45, 7) is 4.08. The molecule has 0 radical (unpaired) electrons. The largest absolute Gasteiger partial charge is 0.464 e. The molecule has 0 aliphatic carbocycles. The molecule has 15 heavy (non-hydrogen) atoms. The highest BCUT2D eigenvalue weighted by molar-refractivity contribution is 6.07. The van der Waals surface area contributed by atoms with Crippen LogP contribution < -0.4 is 0 Å². The zero-order valence-electron chi connectivity index (χ0n) is 8.99. The summed E-state index contributed by atoms with van der Waals surface area (Å²) in [5.74, 6) is 0.543. The van der Waals surface area contributed by atoms with Gasteiger partial charge in [0, 0.05) is 11.8 Å². The van der Waals surface area contributed by atoms with Gasteiger partial charge in [-0.1, -0.05) is 32.0 Å². The number of carbonyl (C=O) groups is 1. The first-order valence-corrected chi connectivity index (χ1v) is 5.18. The molecule has 0 saturated heterocycles. The Bertz CT molecular complexity index is 480. The Labute approximate surface area is 88.9 Å². The Balaban J connectivity index is 2.40. The van der Waals surface area contributed by atoms with Crippen LogP contribution in [0.2, 0.25) is 0 Å². The van der Waals surface area contributed by atoms with Gasteiger partial charge >= 0.3 is 0 Å². The Morgan fingerprint density at radius 1 is 1.33 bits per heavy atom. The van der Waals surface area contributed by atoms with E-state index in [2.05, 4.69) is 0 Å². The van der Waals surface area contributed by atoms with Crippen molar-refractivity contribution in [3.63, 3.8) is 0 Å². The molecule has 0 N–H and O–H groups in total. The molecular formula is C13H14O2. The molecule has 0 saturated carbocycles. The Morgan fingerprint density at radius 3 is 2.80 bits per heavy atom. The van der Waals surface area contributed by atoms with Crippen molar-refractivity contribution in [3.05, 3.63) is 36.1 Å². The predicted octanol–water partition coefficient (Wildman–Crippen LogP) is 3.66. The maximum absolute atomic E-state index is 11.9. The summed E-state index contributed by atoms with van der Waals surface area (Å²) in [7, 11) is 0. The van der Waals surface area contributed by atoms with Crippen LogP contribution >= 0.6 is 0 Å². The second-order valence-electron chi connectivity index (χ2n) is 4.17. The lowest BCUT2D eigenvalue weighted by Gasteiger charge is -2.01. The van der Waals surface area contributed by atoms with Gasteiger partial charge in [0.25, 0.3) is 0 Å². The quantitative estimate of drug-likeness (QED) is 0.711. The van der Waals surface area contributed by atoms with Gasteiger partial charge in [0.2, 0.25) is 0 Å². The van der Waals surface area contributed by atoms with Crippen LogP contribution in [0, 0.1) is 5.92 Å². The second-order valence-corrected chi connectivity index (χ2v) is 4.17. The maximum Gasteiger partial charge on any atom is 0.166 e. The first-order chi connectivity index (χ1) is 7.18. The third kappa shape index (κ3) is 1.94. The smallest absolute Gasteiger partial charge is 0.166 e. The summed E-state index contributed by atoms with van der Waals surface area (Å²) in [6, 6.07) is 7.63. The molecule has 0 atom stereocenters. The average Bonchev–Trinajstić information content (AvgIpc) is 2.59. The monoisotopic (exact) mass is 202 g/mol. The standard InChI is InChI=1S/C13H14O2/c1-9(2)7-12(14)11-8-15-13-6-4-3-5-10(11)13/h3-6,8-9H,7H2,1-2H3. The lowest BCUT2D eigenvalue weighted by molar-refractivity contribution is 0.0968. The van der Waals surface area contributed by atoms with Crippen molar-refractivity contribution in [1.82, 2.24) is 0 Å². The minimum Gasteiger partial charge on any atom is -0.464 e. The fourth-order valence-corrected chi connectivity index (χ4v) is 1.67. The molecule has 1 aromatic heterocycles. The molecule has 0 bridgehead atoms. The minimum atomic E-state index is 0.162. The van der Waals surface area contributed by atoms with E-state index in [4.69, 9.17) is 4.42 Å². The Morgan fingerprint density at radius 2 is 2.07 bits per heavy atom. The molecule has 2 heteroatoms. The van der Waals surface area contributed by atoms with Crippen LogP contribution in [0.1, 0.15) is 30.6 Å². The van der Waals surface area contributed by atoms with Gasteiger partial charge in [-0.3, -0.25) is 4.79 Å². The van der Waals surface area contributed by atoms with Gasteiger partial charge in [0.1, 0.15) is 11.8 Å². The van der Waals surface area contributed by atoms with E-state index in [0.717, 1.165) is 11.0 Å². The van der Waals surface area contributed by atoms with Gasteiger partial charge < -0.3 is 4.42 Å². The molecule has 0 fully saturated rings. The summed E-state index contributed by atoms with van der Waals surface area (Å²) in [5, 5.41) is 0.920. The van der Waals surface area contributed by atoms with E-state index >= 15 is 0 Å². The van der Waals surface area contributed by atoms with Crippen molar-refractivity contribution in [3.8, 4) is 0 Å². The Hall–Kier alpha value is -1.57. The van der Waals surface area contributed by atoms with Crippen LogP contribution in [-0.4, -0.2) is 5.78 Å². The van der Waals surface area contributed by atoms with E-state index in [0.29, 0.717) is 17.9 Å². The number of ketones is 1. The zero-order valence-corrected chi connectivity index (χ0v) is 8.99. The van der Waals surface area contributed by atoms with Crippen molar-refractivity contribution >= 4 is 16.8 Å². The van der Waals surface area contributed by atoms with E-state index in [-0.39, 0.29) is 5.78 Å². The fraction of sp³-hybridized carbons (Fsp3) is 0.308. The van der Waals surface area contributed by atoms with Gasteiger partial charge in [0.15, 0.2) is 5.78 Å². The highest BCUT2D eigenvalue weighted by Crippen LogP contribution is 2.22. The van der Waals surface area contributed by atoms with E-state index in [9.17, 15) is 4.79 Å². The first-order valence-electron chi connectivity index (χ1n) is 5.18. The van der Waals surface area contributed by atoms with Crippen LogP contribution in [0.25, 0.3) is 11.0 Å². The van der Waals surface area contributed by atoms with Crippen LogP contribution in [0.15, 0.2) is 34.9 Å². The fourth-order valence-electron chi connectivity index (χ4n) is 1.67. The van der Waals surface area contributed by atoms with Gasteiger partial charge in [0.05, 0.1) is 5.56 Å². The highest BCUT2D eigenvalue weighted by Gasteiger charge is 2.14. The van der Waals surface area contributed by atoms with E-state index in [1.165, 1.54) is 0 Å². The average molecular weight is 202 g/mol. The molecule has 0 aliphatic heterocycles. The van der Waals surface area contributed by atoms with Gasteiger partial charge in [-0.05, 0) is 12.0 Å². The molecule has 1 aromatic carbocycles. The van der Waals surface area contributed by atoms with Crippen LogP contribution in [0.3, 0.4) is 0 Å². The zero-order chi connectivity index (χ0) is 10.8. The van der Waals surface area contributed by atoms with E-state index < -0.39 is 0 Å². The topological polar surface area (TPSA) is 30.2 Å². The molecular weight excluding hydrogens is 188 g/mol. The number of rotatable bonds is 3. The molecule has 2 aromatic rings. The van der Waals surface area contributed by atoms with Crippen LogP contribution in [-0.2, 0) is 0 Å². The summed E-state index contributed by atoms with van der Waals surface area (Å²) >= 11 is 0. The lowest BCUT2D eigenvalue weighted by atomic mass is 10.0. The van der Waals surface area contributed by atoms with Gasteiger partial charge in [-0.15, -0.1) is 0 Å². The van der Waals surface area contributed by atoms with Crippen molar-refractivity contribution in [2.45, 2.75) is 20.3 Å². The van der Waals surface area contributed by atoms with Crippen LogP contribution in [0.4, 0.5) is 0 Å². The van der Waals surface area contributed by atoms with Crippen molar-refractivity contribution < 1.29 is 9.21 Å². The summed E-state index contributed by atoms with van der Waals surface area (Å²) < 4.78 is 5.33. The number of furan rings is 1. The number of hydrogen-bond acceptors (Lipinski definition) is 2. The third-order valence-electron chi connectivity index (χ3n) is 2.38. The van der Waals surface area contributed by atoms with Crippen molar-refractivity contribution in [2.75, 3.05) is 0 Å². The number of hydrogen-bond donors (Lipinski definition) is 0. The summed E-state index contributed by atoms with van der Waals surface area (Å²) in [6.07, 6.45) is 2.14. The molecule has 0 spiro atoms. The van der Waals surface area contributed by atoms with E-state index in [1.807, 2.05) is 38.1 Å². The number of Topliss-reactive ketones (excluding diaryl/α,β-unsaturated/α-hetero) is 1. The highest BCUT2D eigenvalue weighted by atomic mass is 16.3. The number of para-hydroxylation sites is 1. The summed E-state index contributed by atoms with van der Waals surface area (Å²) in [5.41, 5.74) is 1.49. The van der Waals surface area contributed by atoms with Crippen molar-refractivity contribution in [1.29, 1.82) is 0 Å². The molecule has 0 amide bonds. The summed E-state index contributed by atoms with van der Waals surface area (Å²) in [4.78, 5) is 11.9. The SMILES string of the molecule is CC(C)CC(=O)c1coc2ccccc12. The molecule has 1 heterocycles. The normalized spacial score (nSPS) is 11.1. The van der Waals surface area contributed by atoms with Gasteiger partial charge in [-0.2, -0.15) is 0 Å². The molecule has 0 aliphatic rings. The van der Waals surface area contributed by atoms with E-state index in [1.54, 1.807) is 6.26 Å². The van der Waals surface area contributed by atoms with Crippen LogP contribution in [0.5, 0.6) is 0 Å². The maximum atomic E-state index is 11.9. The first kappa shape index (κ1) is 9.97. The number of benzene rings is 1. The van der Waals surface area contributed by atoms with Gasteiger partial charge in [-0.25, -0.2) is 0 Å². The molecule has 2 nitrogen and oxygen atoms in total. The minimum absolute atomic E-state index is 0.162. The third-order valence-corrected chi connectivity index (χ3v) is 2.38. The Kier molecular flexibility index (Phi) is 2.58.